The first kappa shape index (κ1) is 19.8. The Morgan fingerprint density at radius 3 is 2.57 bits per heavy atom. The second-order valence-electron chi connectivity index (χ2n) is 6.12. The zero-order valence-corrected chi connectivity index (χ0v) is 16.9. The van der Waals surface area contributed by atoms with Crippen LogP contribution in [0.4, 0.5) is 17.1 Å². The third kappa shape index (κ3) is 3.96. The summed E-state index contributed by atoms with van der Waals surface area (Å²) in [6.45, 7) is 0. The van der Waals surface area contributed by atoms with Crippen LogP contribution >= 0.6 is 23.4 Å². The summed E-state index contributed by atoms with van der Waals surface area (Å²) in [4.78, 5) is 34.4. The van der Waals surface area contributed by atoms with Gasteiger partial charge in [0, 0.05) is 18.5 Å². The number of amidine groups is 1. The van der Waals surface area contributed by atoms with Crippen LogP contribution in [0.1, 0.15) is 5.56 Å². The van der Waals surface area contributed by atoms with Gasteiger partial charge in [-0.3, -0.25) is 24.8 Å². The molecule has 0 aliphatic carbocycles. The molecule has 0 atom stereocenters. The summed E-state index contributed by atoms with van der Waals surface area (Å²) >= 11 is 7.31. The van der Waals surface area contributed by atoms with Gasteiger partial charge in [-0.25, -0.2) is 4.99 Å². The molecule has 0 N–H and O–H groups in total. The molecular formula is C21H13ClN4O3S. The molecule has 1 amide bonds. The molecule has 1 fully saturated rings. The van der Waals surface area contributed by atoms with Crippen LogP contribution in [-0.4, -0.2) is 21.0 Å². The van der Waals surface area contributed by atoms with E-state index in [9.17, 15) is 14.9 Å². The Kier molecular flexibility index (Phi) is 5.60. The maximum absolute atomic E-state index is 13.2. The molecular weight excluding hydrogens is 424 g/mol. The van der Waals surface area contributed by atoms with Gasteiger partial charge in [0.2, 0.25) is 0 Å². The summed E-state index contributed by atoms with van der Waals surface area (Å²) in [6.07, 6.45) is 4.54. The average Bonchev–Trinajstić information content (AvgIpc) is 3.05. The van der Waals surface area contributed by atoms with Crippen molar-refractivity contribution in [1.29, 1.82) is 0 Å². The van der Waals surface area contributed by atoms with Gasteiger partial charge >= 0.3 is 0 Å². The molecule has 0 unspecified atom stereocenters. The number of amides is 1. The molecule has 1 aromatic heterocycles. The Morgan fingerprint density at radius 2 is 1.83 bits per heavy atom. The summed E-state index contributed by atoms with van der Waals surface area (Å²) in [5, 5.41) is 12.1. The molecule has 0 bridgehead atoms. The van der Waals surface area contributed by atoms with E-state index in [2.05, 4.69) is 9.98 Å². The van der Waals surface area contributed by atoms with Gasteiger partial charge in [0.1, 0.15) is 0 Å². The fourth-order valence-electron chi connectivity index (χ4n) is 2.83. The van der Waals surface area contributed by atoms with E-state index in [1.807, 2.05) is 18.2 Å². The third-order valence-corrected chi connectivity index (χ3v) is 5.47. The Bertz CT molecular complexity index is 1200. The van der Waals surface area contributed by atoms with Crippen molar-refractivity contribution in [3.8, 4) is 0 Å². The summed E-state index contributed by atoms with van der Waals surface area (Å²) in [7, 11) is 0. The van der Waals surface area contributed by atoms with Crippen LogP contribution in [0, 0.1) is 10.1 Å². The van der Waals surface area contributed by atoms with Crippen LogP contribution in [0.5, 0.6) is 0 Å². The van der Waals surface area contributed by atoms with E-state index in [0.29, 0.717) is 32.0 Å². The topological polar surface area (TPSA) is 88.7 Å². The molecule has 0 saturated carbocycles. The number of thioether (sulfide) groups is 1. The number of para-hydroxylation sites is 2. The van der Waals surface area contributed by atoms with Crippen molar-refractivity contribution in [2.75, 3.05) is 4.90 Å². The Labute approximate surface area is 180 Å². The monoisotopic (exact) mass is 436 g/mol. The molecule has 30 heavy (non-hydrogen) atoms. The summed E-state index contributed by atoms with van der Waals surface area (Å²) < 4.78 is 0. The van der Waals surface area contributed by atoms with Crippen LogP contribution in [-0.2, 0) is 4.79 Å². The minimum absolute atomic E-state index is 0.0766. The number of rotatable bonds is 4. The Balaban J connectivity index is 1.82. The van der Waals surface area contributed by atoms with Crippen LogP contribution < -0.4 is 4.90 Å². The fourth-order valence-corrected chi connectivity index (χ4v) is 3.98. The molecule has 1 aliphatic rings. The molecule has 1 saturated heterocycles. The predicted octanol–water partition coefficient (Wildman–Crippen LogP) is 5.45. The number of aliphatic imine (C=N–C) groups is 1. The number of hydrogen-bond donors (Lipinski definition) is 0. The second kappa shape index (κ2) is 8.48. The van der Waals surface area contributed by atoms with Crippen molar-refractivity contribution in [2.45, 2.75) is 0 Å². The number of benzene rings is 2. The lowest BCUT2D eigenvalue weighted by molar-refractivity contribution is -0.385. The maximum Gasteiger partial charge on any atom is 0.276 e. The van der Waals surface area contributed by atoms with Gasteiger partial charge in [-0.05, 0) is 42.1 Å². The lowest BCUT2D eigenvalue weighted by atomic mass is 10.1. The number of anilines is 1. The smallest absolute Gasteiger partial charge is 0.268 e. The largest absolute Gasteiger partial charge is 0.276 e. The van der Waals surface area contributed by atoms with E-state index >= 15 is 0 Å². The molecule has 148 valence electrons. The zero-order chi connectivity index (χ0) is 21.1. The number of pyridine rings is 1. The SMILES string of the molecule is O=C1/C(=C/c2ccccc2[N+](=O)[O-])SC(=Nc2ccncc2Cl)N1c1ccccc1. The summed E-state index contributed by atoms with van der Waals surface area (Å²) in [5.74, 6) is -0.326. The van der Waals surface area contributed by atoms with Gasteiger partial charge in [-0.2, -0.15) is 0 Å². The molecule has 7 nitrogen and oxygen atoms in total. The first-order valence-corrected chi connectivity index (χ1v) is 9.95. The molecule has 3 aromatic rings. The zero-order valence-electron chi connectivity index (χ0n) is 15.3. The van der Waals surface area contributed by atoms with E-state index in [0.717, 1.165) is 11.8 Å². The van der Waals surface area contributed by atoms with Crippen LogP contribution in [0.2, 0.25) is 5.02 Å². The maximum atomic E-state index is 13.2. The first-order valence-electron chi connectivity index (χ1n) is 8.75. The summed E-state index contributed by atoms with van der Waals surface area (Å²) in [6, 6.07) is 17.0. The number of nitro benzene ring substituents is 1. The van der Waals surface area contributed by atoms with Crippen molar-refractivity contribution in [3.63, 3.8) is 0 Å². The van der Waals surface area contributed by atoms with Crippen LogP contribution in [0.25, 0.3) is 6.08 Å². The summed E-state index contributed by atoms with van der Waals surface area (Å²) in [5.41, 5.74) is 1.36. The van der Waals surface area contributed by atoms with Gasteiger partial charge in [-0.15, -0.1) is 0 Å². The lowest BCUT2D eigenvalue weighted by Crippen LogP contribution is -2.28. The van der Waals surface area contributed by atoms with Gasteiger partial charge in [0.15, 0.2) is 5.17 Å². The van der Waals surface area contributed by atoms with Crippen molar-refractivity contribution < 1.29 is 9.72 Å². The van der Waals surface area contributed by atoms with Crippen molar-refractivity contribution >= 4 is 57.6 Å². The highest BCUT2D eigenvalue weighted by Crippen LogP contribution is 2.38. The van der Waals surface area contributed by atoms with Gasteiger partial charge in [-0.1, -0.05) is 41.9 Å². The highest BCUT2D eigenvalue weighted by atomic mass is 35.5. The third-order valence-electron chi connectivity index (χ3n) is 4.21. The number of nitrogens with zero attached hydrogens (tertiary/aromatic N) is 4. The minimum Gasteiger partial charge on any atom is -0.268 e. The minimum atomic E-state index is -0.475. The van der Waals surface area contributed by atoms with Crippen LogP contribution in [0.3, 0.4) is 0 Å². The number of nitro groups is 1. The number of carbonyl (C=O) groups is 1. The van der Waals surface area contributed by atoms with E-state index in [4.69, 9.17) is 11.6 Å². The highest BCUT2D eigenvalue weighted by molar-refractivity contribution is 8.19. The van der Waals surface area contributed by atoms with Crippen molar-refractivity contribution in [2.24, 2.45) is 4.99 Å². The Morgan fingerprint density at radius 1 is 1.10 bits per heavy atom. The molecule has 0 radical (unpaired) electrons. The second-order valence-corrected chi connectivity index (χ2v) is 7.54. The van der Waals surface area contributed by atoms with Crippen molar-refractivity contribution in [3.05, 3.63) is 98.7 Å². The molecule has 2 aromatic carbocycles. The van der Waals surface area contributed by atoms with E-state index in [1.54, 1.807) is 42.6 Å². The standard InChI is InChI=1S/C21H13ClN4O3S/c22-16-13-23-11-10-17(16)24-21-25(15-7-2-1-3-8-15)20(27)19(30-21)12-14-6-4-5-9-18(14)26(28)29/h1-13H/b19-12-,24-21?. The highest BCUT2D eigenvalue weighted by Gasteiger charge is 2.35. The lowest BCUT2D eigenvalue weighted by Gasteiger charge is -2.15. The Hall–Kier alpha value is -3.49. The van der Waals surface area contributed by atoms with Gasteiger partial charge < -0.3 is 0 Å². The molecule has 9 heteroatoms. The molecule has 1 aliphatic heterocycles. The van der Waals surface area contributed by atoms with Crippen LogP contribution in [0.15, 0.2) is 83.0 Å². The first-order chi connectivity index (χ1) is 14.5. The van der Waals surface area contributed by atoms with Gasteiger partial charge in [0.25, 0.3) is 11.6 Å². The van der Waals surface area contributed by atoms with E-state index in [1.165, 1.54) is 23.2 Å². The van der Waals surface area contributed by atoms with E-state index < -0.39 is 4.92 Å². The van der Waals surface area contributed by atoms with Crippen molar-refractivity contribution in [1.82, 2.24) is 4.98 Å². The fraction of sp³-hybridized carbons (Fsp3) is 0. The normalized spacial score (nSPS) is 16.4. The molecule has 4 rings (SSSR count). The quantitative estimate of drug-likeness (QED) is 0.308. The molecule has 2 heterocycles. The molecule has 0 spiro atoms. The van der Waals surface area contributed by atoms with Gasteiger partial charge in [0.05, 0.1) is 31.8 Å². The van der Waals surface area contributed by atoms with E-state index in [-0.39, 0.29) is 11.6 Å². The number of halogens is 1. The number of hydrogen-bond acceptors (Lipinski definition) is 6. The predicted molar refractivity (Wildman–Crippen MR) is 119 cm³/mol. The number of aromatic nitrogens is 1. The average molecular weight is 437 g/mol. The number of carbonyl (C=O) groups excluding carboxylic acids is 1.